The Morgan fingerprint density at radius 2 is 2.20 bits per heavy atom. The van der Waals surface area contributed by atoms with Crippen LogP contribution < -0.4 is 0 Å². The number of nitrogens with zero attached hydrogens (tertiary/aromatic N) is 1. The van der Waals surface area contributed by atoms with E-state index in [2.05, 4.69) is 4.99 Å². The molecule has 1 aromatic rings. The fourth-order valence-electron chi connectivity index (χ4n) is 2.23. The number of thiophene rings is 1. The first-order valence-corrected chi connectivity index (χ1v) is 6.04. The minimum Gasteiger partial charge on any atom is -0.404 e. The maximum absolute atomic E-state index is 11.8. The molecule has 2 heterocycles. The van der Waals surface area contributed by atoms with Gasteiger partial charge in [-0.1, -0.05) is 18.9 Å². The number of cyclic esters (lactones) is 1. The normalized spacial score (nSPS) is 23.2. The molecule has 0 atom stereocenters. The van der Waals surface area contributed by atoms with E-state index in [-0.39, 0.29) is 5.97 Å². The maximum Gasteiger partial charge on any atom is 0.340 e. The summed E-state index contributed by atoms with van der Waals surface area (Å²) in [5.41, 5.74) is -0.528. The molecule has 0 aromatic carbocycles. The minimum atomic E-state index is -0.528. The Kier molecular flexibility index (Phi) is 1.92. The summed E-state index contributed by atoms with van der Waals surface area (Å²) in [5.74, 6) is 0.375. The Morgan fingerprint density at radius 3 is 2.87 bits per heavy atom. The number of hydrogen-bond acceptors (Lipinski definition) is 4. The molecule has 0 radical (unpaired) electrons. The van der Waals surface area contributed by atoms with Gasteiger partial charge in [0.1, 0.15) is 0 Å². The van der Waals surface area contributed by atoms with Crippen molar-refractivity contribution in [2.75, 3.05) is 0 Å². The van der Waals surface area contributed by atoms with Gasteiger partial charge in [-0.3, -0.25) is 0 Å². The number of carbonyl (C=O) groups is 1. The van der Waals surface area contributed by atoms with E-state index in [1.165, 1.54) is 0 Å². The van der Waals surface area contributed by atoms with Gasteiger partial charge in [-0.25, -0.2) is 9.79 Å². The van der Waals surface area contributed by atoms with Crippen LogP contribution in [0.25, 0.3) is 0 Å². The number of rotatable bonds is 1. The van der Waals surface area contributed by atoms with Crippen LogP contribution in [0.5, 0.6) is 0 Å². The van der Waals surface area contributed by atoms with Crippen LogP contribution in [0.4, 0.5) is 0 Å². The summed E-state index contributed by atoms with van der Waals surface area (Å²) in [6, 6.07) is 3.88. The van der Waals surface area contributed by atoms with Crippen LogP contribution in [0.3, 0.4) is 0 Å². The quantitative estimate of drug-likeness (QED) is 0.683. The Bertz CT molecular complexity index is 416. The summed E-state index contributed by atoms with van der Waals surface area (Å²) >= 11 is 1.56. The number of carbonyl (C=O) groups excluding carboxylic acids is 1. The van der Waals surface area contributed by atoms with Crippen LogP contribution >= 0.6 is 11.3 Å². The SMILES string of the molecule is O=C1OC(c2cccs2)=NC12CCCC2. The Hall–Kier alpha value is -1.16. The molecule has 78 valence electrons. The molecule has 3 nitrogen and oxygen atoms in total. The summed E-state index contributed by atoms with van der Waals surface area (Å²) in [4.78, 5) is 17.2. The van der Waals surface area contributed by atoms with Gasteiger partial charge in [-0.15, -0.1) is 11.3 Å². The average Bonchev–Trinajstić information content (AvgIpc) is 2.93. The van der Waals surface area contributed by atoms with Gasteiger partial charge < -0.3 is 4.74 Å². The molecule has 1 aromatic heterocycles. The predicted octanol–water partition coefficient (Wildman–Crippen LogP) is 2.36. The smallest absolute Gasteiger partial charge is 0.340 e. The molecule has 2 aliphatic rings. The average molecular weight is 221 g/mol. The van der Waals surface area contributed by atoms with E-state index in [4.69, 9.17) is 4.74 Å². The lowest BCUT2D eigenvalue weighted by Crippen LogP contribution is -2.29. The van der Waals surface area contributed by atoms with Gasteiger partial charge in [0.25, 0.3) is 0 Å². The van der Waals surface area contributed by atoms with Crippen molar-refractivity contribution in [3.8, 4) is 0 Å². The molecule has 1 fully saturated rings. The van der Waals surface area contributed by atoms with Gasteiger partial charge in [0, 0.05) is 0 Å². The Morgan fingerprint density at radius 1 is 1.40 bits per heavy atom. The van der Waals surface area contributed by atoms with Gasteiger partial charge in [-0.05, 0) is 24.3 Å². The van der Waals surface area contributed by atoms with Crippen molar-refractivity contribution in [2.24, 2.45) is 4.99 Å². The monoisotopic (exact) mass is 221 g/mol. The van der Waals surface area contributed by atoms with Crippen molar-refractivity contribution in [1.29, 1.82) is 0 Å². The number of aliphatic imine (C=N–C) groups is 1. The van der Waals surface area contributed by atoms with E-state index in [1.807, 2.05) is 17.5 Å². The molecule has 0 unspecified atom stereocenters. The van der Waals surface area contributed by atoms with Gasteiger partial charge in [-0.2, -0.15) is 0 Å². The highest BCUT2D eigenvalue weighted by molar-refractivity contribution is 7.12. The van der Waals surface area contributed by atoms with Gasteiger partial charge in [0.05, 0.1) is 4.88 Å². The van der Waals surface area contributed by atoms with Crippen molar-refractivity contribution in [3.63, 3.8) is 0 Å². The first-order valence-electron chi connectivity index (χ1n) is 5.16. The third-order valence-electron chi connectivity index (χ3n) is 3.05. The molecule has 1 aliphatic carbocycles. The molecule has 4 heteroatoms. The second kappa shape index (κ2) is 3.17. The summed E-state index contributed by atoms with van der Waals surface area (Å²) in [6.07, 6.45) is 3.86. The van der Waals surface area contributed by atoms with Gasteiger partial charge >= 0.3 is 5.97 Å². The highest BCUT2D eigenvalue weighted by atomic mass is 32.1. The molecule has 1 spiro atoms. The van der Waals surface area contributed by atoms with Crippen LogP contribution in [0.1, 0.15) is 30.6 Å². The second-order valence-corrected chi connectivity index (χ2v) is 4.97. The van der Waals surface area contributed by atoms with Gasteiger partial charge in [0.15, 0.2) is 5.54 Å². The second-order valence-electron chi connectivity index (χ2n) is 4.02. The molecule has 0 N–H and O–H groups in total. The molecular formula is C11H11NO2S. The zero-order valence-electron chi connectivity index (χ0n) is 8.23. The van der Waals surface area contributed by atoms with Crippen LogP contribution in [-0.4, -0.2) is 17.4 Å². The highest BCUT2D eigenvalue weighted by Crippen LogP contribution is 2.38. The molecule has 1 aliphatic heterocycles. The van der Waals surface area contributed by atoms with E-state index in [0.29, 0.717) is 5.90 Å². The maximum atomic E-state index is 11.8. The standard InChI is InChI=1S/C11H11NO2S/c13-10-11(5-1-2-6-11)12-9(14-10)8-4-3-7-15-8/h3-4,7H,1-2,5-6H2. The number of ether oxygens (including phenoxy) is 1. The van der Waals surface area contributed by atoms with Crippen LogP contribution in [0.2, 0.25) is 0 Å². The summed E-state index contributed by atoms with van der Waals surface area (Å²) in [5, 5.41) is 1.96. The molecule has 1 saturated carbocycles. The van der Waals surface area contributed by atoms with E-state index in [9.17, 15) is 4.79 Å². The van der Waals surface area contributed by atoms with Gasteiger partial charge in [0.2, 0.25) is 5.90 Å². The predicted molar refractivity (Wildman–Crippen MR) is 58.1 cm³/mol. The van der Waals surface area contributed by atoms with Crippen molar-refractivity contribution in [1.82, 2.24) is 0 Å². The van der Waals surface area contributed by atoms with Crippen LogP contribution in [0.15, 0.2) is 22.5 Å². The van der Waals surface area contributed by atoms with E-state index in [1.54, 1.807) is 11.3 Å². The molecule has 0 saturated heterocycles. The highest BCUT2D eigenvalue weighted by Gasteiger charge is 2.48. The van der Waals surface area contributed by atoms with E-state index in [0.717, 1.165) is 30.6 Å². The molecular weight excluding hydrogens is 210 g/mol. The van der Waals surface area contributed by atoms with E-state index < -0.39 is 5.54 Å². The lowest BCUT2D eigenvalue weighted by atomic mass is 10.00. The van der Waals surface area contributed by atoms with E-state index >= 15 is 0 Å². The summed E-state index contributed by atoms with van der Waals surface area (Å²) in [7, 11) is 0. The molecule has 3 rings (SSSR count). The largest absolute Gasteiger partial charge is 0.404 e. The summed E-state index contributed by atoms with van der Waals surface area (Å²) in [6.45, 7) is 0. The third-order valence-corrected chi connectivity index (χ3v) is 3.91. The third kappa shape index (κ3) is 1.32. The fraction of sp³-hybridized carbons (Fsp3) is 0.455. The summed E-state index contributed by atoms with van der Waals surface area (Å²) < 4.78 is 5.26. The minimum absolute atomic E-state index is 0.150. The molecule has 15 heavy (non-hydrogen) atoms. The number of esters is 1. The van der Waals surface area contributed by atoms with Crippen LogP contribution in [0, 0.1) is 0 Å². The lowest BCUT2D eigenvalue weighted by molar-refractivity contribution is -0.138. The zero-order chi connectivity index (χ0) is 10.3. The Balaban J connectivity index is 1.97. The Labute approximate surface area is 91.8 Å². The van der Waals surface area contributed by atoms with Crippen molar-refractivity contribution in [2.45, 2.75) is 31.2 Å². The molecule has 0 bridgehead atoms. The van der Waals surface area contributed by atoms with Crippen molar-refractivity contribution >= 4 is 23.2 Å². The molecule has 0 amide bonds. The van der Waals surface area contributed by atoms with Crippen molar-refractivity contribution < 1.29 is 9.53 Å². The first kappa shape index (κ1) is 9.09. The van der Waals surface area contributed by atoms with Crippen LogP contribution in [-0.2, 0) is 9.53 Å². The first-order chi connectivity index (χ1) is 7.30. The van der Waals surface area contributed by atoms with Crippen molar-refractivity contribution in [3.05, 3.63) is 22.4 Å². The fourth-order valence-corrected chi connectivity index (χ4v) is 2.88. The lowest BCUT2D eigenvalue weighted by Gasteiger charge is -2.12. The zero-order valence-corrected chi connectivity index (χ0v) is 9.05. The number of hydrogen-bond donors (Lipinski definition) is 0. The topological polar surface area (TPSA) is 38.7 Å².